The summed E-state index contributed by atoms with van der Waals surface area (Å²) in [7, 11) is 0. The lowest BCUT2D eigenvalue weighted by atomic mass is 10.0. The van der Waals surface area contributed by atoms with Gasteiger partial charge in [0.15, 0.2) is 0 Å². The molecule has 1 amide bonds. The summed E-state index contributed by atoms with van der Waals surface area (Å²) in [5.41, 5.74) is -0.869. The number of nitrogens with one attached hydrogen (secondary N) is 1. The van der Waals surface area contributed by atoms with Gasteiger partial charge in [0.05, 0.1) is 18.1 Å². The van der Waals surface area contributed by atoms with E-state index in [9.17, 15) is 23.1 Å². The van der Waals surface area contributed by atoms with Gasteiger partial charge in [0, 0.05) is 6.54 Å². The fraction of sp³-hybridized carbons (Fsp3) is 0.500. The normalized spacial score (nSPS) is 13.1. The molecule has 20 heavy (non-hydrogen) atoms. The Balaban J connectivity index is 2.63. The molecule has 0 aliphatic rings. The highest BCUT2D eigenvalue weighted by atomic mass is 19.4. The summed E-state index contributed by atoms with van der Waals surface area (Å²) in [6, 6.07) is 4.98. The molecule has 0 saturated carbocycles. The number of rotatable bonds is 6. The Kier molecular flexibility index (Phi) is 6.01. The van der Waals surface area contributed by atoms with Crippen molar-refractivity contribution in [2.45, 2.75) is 38.5 Å². The lowest BCUT2D eigenvalue weighted by Crippen LogP contribution is -2.33. The zero-order valence-electron chi connectivity index (χ0n) is 11.2. The molecule has 0 bridgehead atoms. The van der Waals surface area contributed by atoms with Crippen LogP contribution in [0.1, 0.15) is 30.9 Å². The number of benzene rings is 1. The molecule has 1 aromatic rings. The molecule has 0 fully saturated rings. The van der Waals surface area contributed by atoms with Crippen molar-refractivity contribution in [3.05, 3.63) is 35.4 Å². The smallest absolute Gasteiger partial charge is 0.391 e. The molecule has 112 valence electrons. The van der Waals surface area contributed by atoms with E-state index in [0.717, 1.165) is 12.5 Å². The first-order valence-electron chi connectivity index (χ1n) is 6.44. The molecule has 3 nitrogen and oxygen atoms in total. The van der Waals surface area contributed by atoms with E-state index in [0.29, 0.717) is 6.42 Å². The van der Waals surface area contributed by atoms with E-state index in [2.05, 4.69) is 5.32 Å². The minimum absolute atomic E-state index is 0.0564. The molecule has 0 spiro atoms. The van der Waals surface area contributed by atoms with Crippen LogP contribution < -0.4 is 5.32 Å². The maximum atomic E-state index is 12.7. The van der Waals surface area contributed by atoms with Crippen molar-refractivity contribution < 1.29 is 23.1 Å². The first-order chi connectivity index (χ1) is 9.34. The zero-order valence-corrected chi connectivity index (χ0v) is 11.2. The van der Waals surface area contributed by atoms with Gasteiger partial charge in [-0.05, 0) is 18.1 Å². The minimum Gasteiger partial charge on any atom is -0.391 e. The van der Waals surface area contributed by atoms with Crippen LogP contribution in [0.3, 0.4) is 0 Å². The van der Waals surface area contributed by atoms with Crippen LogP contribution in [-0.4, -0.2) is 23.7 Å². The third-order valence-electron chi connectivity index (χ3n) is 2.83. The highest BCUT2D eigenvalue weighted by molar-refractivity contribution is 5.79. The lowest BCUT2D eigenvalue weighted by Gasteiger charge is -2.14. The molecule has 2 N–H and O–H groups in total. The third-order valence-corrected chi connectivity index (χ3v) is 2.83. The number of hydrogen-bond donors (Lipinski definition) is 2. The predicted molar refractivity (Wildman–Crippen MR) is 69.1 cm³/mol. The second-order valence-corrected chi connectivity index (χ2v) is 4.58. The quantitative estimate of drug-likeness (QED) is 0.845. The number of aliphatic hydroxyl groups is 1. The molecular formula is C14H18F3NO2. The fourth-order valence-corrected chi connectivity index (χ4v) is 1.85. The highest BCUT2D eigenvalue weighted by Gasteiger charge is 2.33. The first kappa shape index (κ1) is 16.5. The van der Waals surface area contributed by atoms with Crippen LogP contribution in [-0.2, 0) is 17.4 Å². The largest absolute Gasteiger partial charge is 0.416 e. The average Bonchev–Trinajstić information content (AvgIpc) is 2.36. The molecule has 0 aliphatic carbocycles. The Labute approximate surface area is 115 Å². The molecule has 0 aliphatic heterocycles. The van der Waals surface area contributed by atoms with Crippen molar-refractivity contribution in [1.29, 1.82) is 0 Å². The maximum Gasteiger partial charge on any atom is 0.416 e. The highest BCUT2D eigenvalue weighted by Crippen LogP contribution is 2.31. The van der Waals surface area contributed by atoms with E-state index in [1.54, 1.807) is 0 Å². The van der Waals surface area contributed by atoms with E-state index >= 15 is 0 Å². The van der Waals surface area contributed by atoms with E-state index in [4.69, 9.17) is 0 Å². The van der Waals surface area contributed by atoms with Crippen molar-refractivity contribution in [3.8, 4) is 0 Å². The molecular weight excluding hydrogens is 271 g/mol. The number of halogens is 3. The summed E-state index contributed by atoms with van der Waals surface area (Å²) >= 11 is 0. The zero-order chi connectivity index (χ0) is 15.2. The standard InChI is InChI=1S/C14H18F3NO2/c1-2-5-11(19)9-18-13(20)8-10-6-3-4-7-12(10)14(15,16)17/h3-4,6-7,11,19H,2,5,8-9H2,1H3,(H,18,20). The van der Waals surface area contributed by atoms with Gasteiger partial charge < -0.3 is 10.4 Å². The molecule has 1 rings (SSSR count). The Bertz CT molecular complexity index is 446. The lowest BCUT2D eigenvalue weighted by molar-refractivity contribution is -0.138. The number of hydrogen-bond acceptors (Lipinski definition) is 2. The predicted octanol–water partition coefficient (Wildman–Crippen LogP) is 2.53. The topological polar surface area (TPSA) is 49.3 Å². The van der Waals surface area contributed by atoms with Gasteiger partial charge >= 0.3 is 6.18 Å². The van der Waals surface area contributed by atoms with E-state index in [1.165, 1.54) is 18.2 Å². The van der Waals surface area contributed by atoms with Crippen LogP contribution >= 0.6 is 0 Å². The van der Waals surface area contributed by atoms with Crippen molar-refractivity contribution >= 4 is 5.91 Å². The summed E-state index contributed by atoms with van der Waals surface area (Å²) < 4.78 is 38.2. The van der Waals surface area contributed by atoms with Crippen molar-refractivity contribution in [3.63, 3.8) is 0 Å². The van der Waals surface area contributed by atoms with Gasteiger partial charge in [0.2, 0.25) is 5.91 Å². The van der Waals surface area contributed by atoms with E-state index < -0.39 is 23.8 Å². The number of amides is 1. The summed E-state index contributed by atoms with van der Waals surface area (Å²) in [5, 5.41) is 11.9. The molecule has 0 heterocycles. The fourth-order valence-electron chi connectivity index (χ4n) is 1.85. The van der Waals surface area contributed by atoms with E-state index in [1.807, 2.05) is 6.92 Å². The van der Waals surface area contributed by atoms with Crippen LogP contribution in [0.25, 0.3) is 0 Å². The summed E-state index contributed by atoms with van der Waals surface area (Å²) in [6.45, 7) is 1.95. The van der Waals surface area contributed by atoms with Crippen LogP contribution in [0.5, 0.6) is 0 Å². The SMILES string of the molecule is CCCC(O)CNC(=O)Cc1ccccc1C(F)(F)F. The molecule has 1 aromatic carbocycles. The van der Waals surface area contributed by atoms with Gasteiger partial charge in [-0.25, -0.2) is 0 Å². The van der Waals surface area contributed by atoms with E-state index in [-0.39, 0.29) is 18.5 Å². The van der Waals surface area contributed by atoms with Gasteiger partial charge in [0.25, 0.3) is 0 Å². The molecule has 6 heteroatoms. The Morgan fingerprint density at radius 2 is 2.00 bits per heavy atom. The number of carbonyl (C=O) groups excluding carboxylic acids is 1. The Morgan fingerprint density at radius 1 is 1.35 bits per heavy atom. The van der Waals surface area contributed by atoms with Gasteiger partial charge in [-0.1, -0.05) is 31.5 Å². The Morgan fingerprint density at radius 3 is 2.60 bits per heavy atom. The van der Waals surface area contributed by atoms with Gasteiger partial charge in [-0.15, -0.1) is 0 Å². The second kappa shape index (κ2) is 7.28. The van der Waals surface area contributed by atoms with Crippen molar-refractivity contribution in [1.82, 2.24) is 5.32 Å². The number of aliphatic hydroxyl groups excluding tert-OH is 1. The third kappa shape index (κ3) is 5.21. The van der Waals surface area contributed by atoms with Gasteiger partial charge in [-0.3, -0.25) is 4.79 Å². The molecule has 0 radical (unpaired) electrons. The summed E-state index contributed by atoms with van der Waals surface area (Å²) in [6.07, 6.45) is -4.18. The molecule has 0 aromatic heterocycles. The van der Waals surface area contributed by atoms with Gasteiger partial charge in [0.1, 0.15) is 0 Å². The van der Waals surface area contributed by atoms with Crippen LogP contribution in [0.2, 0.25) is 0 Å². The molecule has 1 atom stereocenters. The van der Waals surface area contributed by atoms with Crippen LogP contribution in [0.4, 0.5) is 13.2 Å². The molecule has 0 saturated heterocycles. The summed E-state index contributed by atoms with van der Waals surface area (Å²) in [5.74, 6) is -0.531. The molecule has 1 unspecified atom stereocenters. The second-order valence-electron chi connectivity index (χ2n) is 4.58. The van der Waals surface area contributed by atoms with Crippen molar-refractivity contribution in [2.24, 2.45) is 0 Å². The summed E-state index contributed by atoms with van der Waals surface area (Å²) in [4.78, 5) is 11.6. The maximum absolute atomic E-state index is 12.7. The van der Waals surface area contributed by atoms with Crippen LogP contribution in [0, 0.1) is 0 Å². The van der Waals surface area contributed by atoms with Crippen molar-refractivity contribution in [2.75, 3.05) is 6.54 Å². The monoisotopic (exact) mass is 289 g/mol. The first-order valence-corrected chi connectivity index (χ1v) is 6.44. The number of alkyl halides is 3. The Hall–Kier alpha value is -1.56. The van der Waals surface area contributed by atoms with Crippen LogP contribution in [0.15, 0.2) is 24.3 Å². The average molecular weight is 289 g/mol. The number of carbonyl (C=O) groups is 1. The minimum atomic E-state index is -4.47. The van der Waals surface area contributed by atoms with Gasteiger partial charge in [-0.2, -0.15) is 13.2 Å².